The van der Waals surface area contributed by atoms with Crippen molar-refractivity contribution in [2.24, 2.45) is 0 Å². The molecule has 2 aromatic rings. The van der Waals surface area contributed by atoms with E-state index in [0.29, 0.717) is 30.6 Å². The number of amides is 1. The Bertz CT molecular complexity index is 632. The number of aromatic nitrogens is 2. The Morgan fingerprint density at radius 3 is 3.05 bits per heavy atom. The summed E-state index contributed by atoms with van der Waals surface area (Å²) in [6.45, 7) is 1.03. The molecule has 21 heavy (non-hydrogen) atoms. The molecule has 1 aromatic carbocycles. The first-order valence-electron chi connectivity index (χ1n) is 7.37. The topological polar surface area (TPSA) is 93.0 Å². The number of aromatic amines is 1. The summed E-state index contributed by atoms with van der Waals surface area (Å²) in [5, 5.41) is 10.5. The van der Waals surface area contributed by atoms with E-state index >= 15 is 0 Å². The van der Waals surface area contributed by atoms with E-state index in [1.165, 1.54) is 12.8 Å². The zero-order valence-corrected chi connectivity index (χ0v) is 11.9. The zero-order chi connectivity index (χ0) is 14.7. The number of H-pyrrole nitrogens is 1. The Morgan fingerprint density at radius 2 is 2.24 bits per heavy atom. The third-order valence-electron chi connectivity index (χ3n) is 3.85. The van der Waals surface area contributed by atoms with Crippen molar-refractivity contribution in [3.05, 3.63) is 23.9 Å². The van der Waals surface area contributed by atoms with Crippen LogP contribution in [0.1, 0.15) is 36.2 Å². The van der Waals surface area contributed by atoms with E-state index in [2.05, 4.69) is 15.5 Å². The molecule has 0 unspecified atom stereocenters. The van der Waals surface area contributed by atoms with Crippen LogP contribution in [0.4, 0.5) is 5.69 Å². The molecule has 0 bridgehead atoms. The smallest absolute Gasteiger partial charge is 0.272 e. The van der Waals surface area contributed by atoms with Crippen LogP contribution in [-0.2, 0) is 4.74 Å². The second-order valence-electron chi connectivity index (χ2n) is 5.41. The molecule has 1 aromatic heterocycles. The number of anilines is 1. The van der Waals surface area contributed by atoms with Crippen LogP contribution in [0.5, 0.6) is 0 Å². The van der Waals surface area contributed by atoms with E-state index in [1.807, 2.05) is 6.07 Å². The van der Waals surface area contributed by atoms with Gasteiger partial charge in [-0.3, -0.25) is 9.89 Å². The predicted molar refractivity (Wildman–Crippen MR) is 81.0 cm³/mol. The first-order valence-corrected chi connectivity index (χ1v) is 7.37. The van der Waals surface area contributed by atoms with Gasteiger partial charge < -0.3 is 15.8 Å². The minimum Gasteiger partial charge on any atom is -0.399 e. The molecular formula is C15H20N4O2. The molecule has 0 radical (unpaired) electrons. The summed E-state index contributed by atoms with van der Waals surface area (Å²) in [4.78, 5) is 12.1. The summed E-state index contributed by atoms with van der Waals surface area (Å²) in [7, 11) is 0. The fourth-order valence-corrected chi connectivity index (χ4v) is 2.73. The fraction of sp³-hybridized carbons (Fsp3) is 0.467. The number of carbonyl (C=O) groups is 1. The number of fused-ring (bicyclic) bond motifs is 1. The van der Waals surface area contributed by atoms with E-state index in [4.69, 9.17) is 10.5 Å². The van der Waals surface area contributed by atoms with Crippen molar-refractivity contribution in [1.29, 1.82) is 0 Å². The molecule has 1 amide bonds. The number of ether oxygens (including phenoxy) is 1. The maximum absolute atomic E-state index is 12.1. The van der Waals surface area contributed by atoms with Crippen molar-refractivity contribution in [3.63, 3.8) is 0 Å². The van der Waals surface area contributed by atoms with Gasteiger partial charge in [-0.25, -0.2) is 0 Å². The lowest BCUT2D eigenvalue weighted by molar-refractivity contribution is 0.0581. The normalized spacial score (nSPS) is 15.6. The van der Waals surface area contributed by atoms with Gasteiger partial charge in [0.25, 0.3) is 5.91 Å². The number of nitrogens with two attached hydrogens (primary N) is 1. The standard InChI is InChI=1S/C15H20N4O2/c16-10-5-6-13-12(9-10)14(19-18-13)15(20)17-7-8-21-11-3-1-2-4-11/h5-6,9,11H,1-4,7-8,16H2,(H,17,20)(H,18,19). The summed E-state index contributed by atoms with van der Waals surface area (Å²) in [5.41, 5.74) is 7.54. The minimum absolute atomic E-state index is 0.207. The van der Waals surface area contributed by atoms with Gasteiger partial charge in [0, 0.05) is 17.6 Å². The lowest BCUT2D eigenvalue weighted by Gasteiger charge is -2.11. The highest BCUT2D eigenvalue weighted by molar-refractivity contribution is 6.05. The highest BCUT2D eigenvalue weighted by Crippen LogP contribution is 2.21. The number of hydrogen-bond acceptors (Lipinski definition) is 4. The van der Waals surface area contributed by atoms with Crippen molar-refractivity contribution in [1.82, 2.24) is 15.5 Å². The molecule has 6 nitrogen and oxygen atoms in total. The van der Waals surface area contributed by atoms with Gasteiger partial charge in [-0.05, 0) is 31.0 Å². The SMILES string of the molecule is Nc1ccc2[nH]nc(C(=O)NCCOC3CCCC3)c2c1. The first-order chi connectivity index (χ1) is 10.2. The molecule has 0 saturated heterocycles. The van der Waals surface area contributed by atoms with Crippen molar-refractivity contribution in [3.8, 4) is 0 Å². The van der Waals surface area contributed by atoms with Crippen molar-refractivity contribution < 1.29 is 9.53 Å². The van der Waals surface area contributed by atoms with Crippen LogP contribution in [0.3, 0.4) is 0 Å². The molecule has 1 aliphatic carbocycles. The molecular weight excluding hydrogens is 268 g/mol. The second kappa shape index (κ2) is 6.13. The second-order valence-corrected chi connectivity index (χ2v) is 5.41. The zero-order valence-electron chi connectivity index (χ0n) is 11.9. The van der Waals surface area contributed by atoms with Gasteiger partial charge in [0.15, 0.2) is 5.69 Å². The third-order valence-corrected chi connectivity index (χ3v) is 3.85. The Labute approximate surface area is 123 Å². The molecule has 0 atom stereocenters. The summed E-state index contributed by atoms with van der Waals surface area (Å²) in [6.07, 6.45) is 5.14. The van der Waals surface area contributed by atoms with Crippen LogP contribution in [0.15, 0.2) is 18.2 Å². The largest absolute Gasteiger partial charge is 0.399 e. The van der Waals surface area contributed by atoms with Crippen LogP contribution in [-0.4, -0.2) is 35.4 Å². The van der Waals surface area contributed by atoms with Crippen LogP contribution < -0.4 is 11.1 Å². The molecule has 6 heteroatoms. The lowest BCUT2D eigenvalue weighted by atomic mass is 10.2. The van der Waals surface area contributed by atoms with E-state index < -0.39 is 0 Å². The Balaban J connectivity index is 1.55. The van der Waals surface area contributed by atoms with Gasteiger partial charge in [0.1, 0.15) is 0 Å². The van der Waals surface area contributed by atoms with Crippen molar-refractivity contribution in [2.75, 3.05) is 18.9 Å². The number of nitrogen functional groups attached to an aromatic ring is 1. The van der Waals surface area contributed by atoms with Gasteiger partial charge in [-0.15, -0.1) is 0 Å². The number of nitrogens with one attached hydrogen (secondary N) is 2. The van der Waals surface area contributed by atoms with Crippen molar-refractivity contribution in [2.45, 2.75) is 31.8 Å². The number of rotatable bonds is 5. The molecule has 1 saturated carbocycles. The number of benzene rings is 1. The van der Waals surface area contributed by atoms with Crippen LogP contribution in [0, 0.1) is 0 Å². The van der Waals surface area contributed by atoms with Crippen LogP contribution in [0.25, 0.3) is 10.9 Å². The van der Waals surface area contributed by atoms with E-state index in [-0.39, 0.29) is 5.91 Å². The summed E-state index contributed by atoms with van der Waals surface area (Å²) < 4.78 is 5.71. The molecule has 1 fully saturated rings. The van der Waals surface area contributed by atoms with Crippen LogP contribution >= 0.6 is 0 Å². The van der Waals surface area contributed by atoms with Gasteiger partial charge >= 0.3 is 0 Å². The maximum atomic E-state index is 12.1. The highest BCUT2D eigenvalue weighted by atomic mass is 16.5. The van der Waals surface area contributed by atoms with Gasteiger partial charge in [0.05, 0.1) is 18.2 Å². The molecule has 0 spiro atoms. The summed E-state index contributed by atoms with van der Waals surface area (Å²) in [5.74, 6) is -0.207. The maximum Gasteiger partial charge on any atom is 0.272 e. The average Bonchev–Trinajstić information content (AvgIpc) is 3.12. The van der Waals surface area contributed by atoms with E-state index in [9.17, 15) is 4.79 Å². The summed E-state index contributed by atoms with van der Waals surface area (Å²) >= 11 is 0. The Kier molecular flexibility index (Phi) is 4.06. The number of nitrogens with zero attached hydrogens (tertiary/aromatic N) is 1. The quantitative estimate of drug-likeness (QED) is 0.578. The highest BCUT2D eigenvalue weighted by Gasteiger charge is 2.16. The molecule has 1 aliphatic rings. The molecule has 1 heterocycles. The lowest BCUT2D eigenvalue weighted by Crippen LogP contribution is -2.28. The predicted octanol–water partition coefficient (Wildman–Crippen LogP) is 1.83. The minimum atomic E-state index is -0.207. The van der Waals surface area contributed by atoms with E-state index in [0.717, 1.165) is 23.7 Å². The first kappa shape index (κ1) is 13.9. The number of carbonyl (C=O) groups excluding carboxylic acids is 1. The van der Waals surface area contributed by atoms with Gasteiger partial charge in [0.2, 0.25) is 0 Å². The Hall–Kier alpha value is -2.08. The fourth-order valence-electron chi connectivity index (χ4n) is 2.73. The molecule has 4 N–H and O–H groups in total. The van der Waals surface area contributed by atoms with Crippen LogP contribution in [0.2, 0.25) is 0 Å². The van der Waals surface area contributed by atoms with Gasteiger partial charge in [-0.1, -0.05) is 12.8 Å². The molecule has 112 valence electrons. The average molecular weight is 288 g/mol. The monoisotopic (exact) mass is 288 g/mol. The molecule has 3 rings (SSSR count). The van der Waals surface area contributed by atoms with E-state index in [1.54, 1.807) is 12.1 Å². The third kappa shape index (κ3) is 3.16. The summed E-state index contributed by atoms with van der Waals surface area (Å²) in [6, 6.07) is 5.35. The number of hydrogen-bond donors (Lipinski definition) is 3. The van der Waals surface area contributed by atoms with Gasteiger partial charge in [-0.2, -0.15) is 5.10 Å². The Morgan fingerprint density at radius 1 is 1.43 bits per heavy atom. The van der Waals surface area contributed by atoms with Crippen molar-refractivity contribution >= 4 is 22.5 Å². The molecule has 0 aliphatic heterocycles.